The molecule has 4 rings (SSSR count). The number of benzene rings is 2. The Morgan fingerprint density at radius 2 is 1.77 bits per heavy atom. The Morgan fingerprint density at radius 3 is 2.43 bits per heavy atom. The van der Waals surface area contributed by atoms with Crippen LogP contribution in [0.1, 0.15) is 16.7 Å². The van der Waals surface area contributed by atoms with Crippen LogP contribution in [0.15, 0.2) is 53.7 Å². The fraction of sp³-hybridized carbons (Fsp3) is 0.261. The number of rotatable bonds is 5. The van der Waals surface area contributed by atoms with Crippen LogP contribution < -0.4 is 4.90 Å². The van der Waals surface area contributed by atoms with Gasteiger partial charge in [-0.3, -0.25) is 0 Å². The predicted molar refractivity (Wildman–Crippen MR) is 116 cm³/mol. The van der Waals surface area contributed by atoms with E-state index in [2.05, 4.69) is 47.1 Å². The lowest BCUT2D eigenvalue weighted by molar-refractivity contribution is 0.122. The molecule has 152 valence electrons. The molecular formula is C23H21FN4OS. The molecule has 0 amide bonds. The van der Waals surface area contributed by atoms with Crippen LogP contribution in [-0.2, 0) is 10.5 Å². The summed E-state index contributed by atoms with van der Waals surface area (Å²) in [5, 5.41) is 10.5. The normalized spacial score (nSPS) is 13.8. The summed E-state index contributed by atoms with van der Waals surface area (Å²) >= 11 is 1.53. The summed E-state index contributed by atoms with van der Waals surface area (Å²) in [5.74, 6) is 1.01. The van der Waals surface area contributed by atoms with Crippen molar-refractivity contribution in [3.8, 4) is 17.3 Å². The standard InChI is InChI=1S/C23H21FN4OS/c1-16-2-4-17(5-3-16)15-30-23-26-21(18-6-8-19(24)9-7-18)20(14-25)22(27-23)28-10-12-29-13-11-28/h2-9H,10-13,15H2,1H3. The number of hydrogen-bond donors (Lipinski definition) is 0. The number of ether oxygens (including phenoxy) is 1. The Morgan fingerprint density at radius 1 is 1.07 bits per heavy atom. The van der Waals surface area contributed by atoms with Gasteiger partial charge in [0, 0.05) is 24.4 Å². The number of thioether (sulfide) groups is 1. The lowest BCUT2D eigenvalue weighted by Gasteiger charge is -2.29. The van der Waals surface area contributed by atoms with Gasteiger partial charge >= 0.3 is 0 Å². The second kappa shape index (κ2) is 9.24. The van der Waals surface area contributed by atoms with Crippen molar-refractivity contribution in [3.63, 3.8) is 0 Å². The van der Waals surface area contributed by atoms with Gasteiger partial charge in [0.1, 0.15) is 17.4 Å². The number of halogens is 1. The van der Waals surface area contributed by atoms with E-state index in [1.165, 1.54) is 35.0 Å². The van der Waals surface area contributed by atoms with Crippen molar-refractivity contribution in [2.75, 3.05) is 31.2 Å². The number of nitrogens with zero attached hydrogens (tertiary/aromatic N) is 4. The fourth-order valence-electron chi connectivity index (χ4n) is 3.25. The fourth-order valence-corrected chi connectivity index (χ4v) is 4.04. The van der Waals surface area contributed by atoms with E-state index < -0.39 is 0 Å². The molecule has 2 aromatic carbocycles. The van der Waals surface area contributed by atoms with Crippen molar-refractivity contribution in [2.45, 2.75) is 17.8 Å². The highest BCUT2D eigenvalue weighted by Gasteiger charge is 2.22. The zero-order chi connectivity index (χ0) is 20.9. The molecule has 0 unspecified atom stereocenters. The van der Waals surface area contributed by atoms with Crippen LogP contribution in [0, 0.1) is 24.1 Å². The quantitative estimate of drug-likeness (QED) is 0.444. The number of anilines is 1. The van der Waals surface area contributed by atoms with Crippen LogP contribution >= 0.6 is 11.8 Å². The lowest BCUT2D eigenvalue weighted by Crippen LogP contribution is -2.37. The summed E-state index contributed by atoms with van der Waals surface area (Å²) in [6, 6.07) is 16.7. The maximum Gasteiger partial charge on any atom is 0.190 e. The maximum absolute atomic E-state index is 13.4. The molecule has 1 fully saturated rings. The maximum atomic E-state index is 13.4. The predicted octanol–water partition coefficient (Wildman–Crippen LogP) is 4.59. The third kappa shape index (κ3) is 4.61. The highest BCUT2D eigenvalue weighted by molar-refractivity contribution is 7.98. The van der Waals surface area contributed by atoms with Crippen molar-refractivity contribution in [3.05, 3.63) is 71.0 Å². The van der Waals surface area contributed by atoms with E-state index in [1.807, 2.05) is 0 Å². The molecule has 0 saturated carbocycles. The minimum Gasteiger partial charge on any atom is -0.378 e. The third-order valence-electron chi connectivity index (χ3n) is 4.90. The topological polar surface area (TPSA) is 62.0 Å². The van der Waals surface area contributed by atoms with Crippen LogP contribution in [-0.4, -0.2) is 36.3 Å². The van der Waals surface area contributed by atoms with Crippen molar-refractivity contribution in [2.24, 2.45) is 0 Å². The zero-order valence-corrected chi connectivity index (χ0v) is 17.5. The molecule has 30 heavy (non-hydrogen) atoms. The molecule has 0 bridgehead atoms. The first-order valence-electron chi connectivity index (χ1n) is 9.73. The van der Waals surface area contributed by atoms with E-state index in [4.69, 9.17) is 9.72 Å². The highest BCUT2D eigenvalue weighted by atomic mass is 32.2. The average molecular weight is 421 g/mol. The summed E-state index contributed by atoms with van der Waals surface area (Å²) < 4.78 is 18.9. The van der Waals surface area contributed by atoms with E-state index in [0.29, 0.717) is 54.1 Å². The van der Waals surface area contributed by atoms with Crippen molar-refractivity contribution in [1.29, 1.82) is 5.26 Å². The van der Waals surface area contributed by atoms with Crippen LogP contribution in [0.4, 0.5) is 10.2 Å². The minimum atomic E-state index is -0.325. The first-order valence-corrected chi connectivity index (χ1v) is 10.7. The molecule has 0 aliphatic carbocycles. The second-order valence-electron chi connectivity index (χ2n) is 7.05. The summed E-state index contributed by atoms with van der Waals surface area (Å²) in [4.78, 5) is 11.5. The van der Waals surface area contributed by atoms with Gasteiger partial charge < -0.3 is 9.64 Å². The van der Waals surface area contributed by atoms with Crippen LogP contribution in [0.2, 0.25) is 0 Å². The highest BCUT2D eigenvalue weighted by Crippen LogP contribution is 2.32. The molecule has 7 heteroatoms. The molecule has 0 N–H and O–H groups in total. The second-order valence-corrected chi connectivity index (χ2v) is 7.99. The Hall–Kier alpha value is -2.95. The van der Waals surface area contributed by atoms with Crippen molar-refractivity contribution >= 4 is 17.6 Å². The van der Waals surface area contributed by atoms with E-state index in [-0.39, 0.29) is 5.82 Å². The molecule has 1 saturated heterocycles. The van der Waals surface area contributed by atoms with Gasteiger partial charge in [0.15, 0.2) is 11.0 Å². The van der Waals surface area contributed by atoms with Gasteiger partial charge in [-0.1, -0.05) is 41.6 Å². The van der Waals surface area contributed by atoms with E-state index in [1.54, 1.807) is 12.1 Å². The number of morpholine rings is 1. The Labute approximate surface area is 179 Å². The van der Waals surface area contributed by atoms with E-state index in [9.17, 15) is 9.65 Å². The molecule has 0 atom stereocenters. The smallest absolute Gasteiger partial charge is 0.190 e. The lowest BCUT2D eigenvalue weighted by atomic mass is 10.1. The molecule has 1 aliphatic heterocycles. The summed E-state index contributed by atoms with van der Waals surface area (Å²) in [6.45, 7) is 4.57. The van der Waals surface area contributed by atoms with E-state index in [0.717, 1.165) is 5.75 Å². The van der Waals surface area contributed by atoms with Crippen LogP contribution in [0.25, 0.3) is 11.3 Å². The van der Waals surface area contributed by atoms with Gasteiger partial charge in [0.2, 0.25) is 0 Å². The minimum absolute atomic E-state index is 0.325. The van der Waals surface area contributed by atoms with Gasteiger partial charge in [-0.15, -0.1) is 0 Å². The molecule has 1 aromatic heterocycles. The molecular weight excluding hydrogens is 399 g/mol. The van der Waals surface area contributed by atoms with Crippen molar-refractivity contribution < 1.29 is 9.13 Å². The molecule has 3 aromatic rings. The molecule has 5 nitrogen and oxygen atoms in total. The summed E-state index contributed by atoms with van der Waals surface area (Å²) in [7, 11) is 0. The van der Waals surface area contributed by atoms with Crippen molar-refractivity contribution in [1.82, 2.24) is 9.97 Å². The molecule has 1 aliphatic rings. The monoisotopic (exact) mass is 420 g/mol. The molecule has 2 heterocycles. The molecule has 0 spiro atoms. The van der Waals surface area contributed by atoms with E-state index >= 15 is 0 Å². The number of aromatic nitrogens is 2. The molecule has 0 radical (unpaired) electrons. The third-order valence-corrected chi connectivity index (χ3v) is 5.82. The van der Waals surface area contributed by atoms with Gasteiger partial charge in [-0.2, -0.15) is 5.26 Å². The number of aryl methyl sites for hydroxylation is 1. The Bertz CT molecular complexity index is 1060. The summed E-state index contributed by atoms with van der Waals surface area (Å²) in [6.07, 6.45) is 0. The first-order chi connectivity index (χ1) is 14.6. The zero-order valence-electron chi connectivity index (χ0n) is 16.6. The van der Waals surface area contributed by atoms with Gasteiger partial charge in [0.25, 0.3) is 0 Å². The van der Waals surface area contributed by atoms with Gasteiger partial charge in [-0.25, -0.2) is 14.4 Å². The largest absolute Gasteiger partial charge is 0.378 e. The summed E-state index contributed by atoms with van der Waals surface area (Å²) in [5.41, 5.74) is 4.02. The van der Waals surface area contributed by atoms with Gasteiger partial charge in [-0.05, 0) is 36.8 Å². The Balaban J connectivity index is 1.73. The number of nitriles is 1. The average Bonchev–Trinajstić information content (AvgIpc) is 2.79. The van der Waals surface area contributed by atoms with Crippen LogP contribution in [0.5, 0.6) is 0 Å². The first kappa shape index (κ1) is 20.3. The Kier molecular flexibility index (Phi) is 6.26. The SMILES string of the molecule is Cc1ccc(CSc2nc(-c3ccc(F)cc3)c(C#N)c(N3CCOCC3)n2)cc1. The van der Waals surface area contributed by atoms with Gasteiger partial charge in [0.05, 0.1) is 18.9 Å². The number of hydrogen-bond acceptors (Lipinski definition) is 6. The van der Waals surface area contributed by atoms with Crippen LogP contribution in [0.3, 0.4) is 0 Å².